The normalized spacial score (nSPS) is 16.5. The van der Waals surface area contributed by atoms with Crippen molar-refractivity contribution < 1.29 is 9.53 Å². The maximum atomic E-state index is 11.4. The van der Waals surface area contributed by atoms with Gasteiger partial charge in [0.15, 0.2) is 0 Å². The highest BCUT2D eigenvalue weighted by atomic mass is 16.5. The van der Waals surface area contributed by atoms with E-state index < -0.39 is 11.5 Å². The first-order chi connectivity index (χ1) is 6.94. The first kappa shape index (κ1) is 13.9. The smallest absolute Gasteiger partial charge is 0.327 e. The Morgan fingerprint density at radius 2 is 2.13 bits per heavy atom. The van der Waals surface area contributed by atoms with Gasteiger partial charge < -0.3 is 16.2 Å². The van der Waals surface area contributed by atoms with Gasteiger partial charge in [0, 0.05) is 6.54 Å². The Morgan fingerprint density at radius 1 is 1.53 bits per heavy atom. The summed E-state index contributed by atoms with van der Waals surface area (Å²) in [5.74, 6) is -0.474. The molecule has 0 aliphatic heterocycles. The van der Waals surface area contributed by atoms with Gasteiger partial charge in [0.25, 0.3) is 0 Å². The second-order valence-electron chi connectivity index (χ2n) is 3.74. The Bertz CT molecular complexity index is 268. The zero-order chi connectivity index (χ0) is 11.9. The van der Waals surface area contributed by atoms with Crippen LogP contribution < -0.4 is 11.5 Å². The van der Waals surface area contributed by atoms with Crippen molar-refractivity contribution in [1.82, 2.24) is 0 Å². The van der Waals surface area contributed by atoms with E-state index in [-0.39, 0.29) is 13.2 Å². The first-order valence-electron chi connectivity index (χ1n) is 4.88. The minimum absolute atomic E-state index is 0.0729. The third-order valence-corrected chi connectivity index (χ3v) is 1.89. The molecule has 15 heavy (non-hydrogen) atoms. The van der Waals surface area contributed by atoms with Gasteiger partial charge in [-0.05, 0) is 26.3 Å². The number of ether oxygens (including phenoxy) is 1. The zero-order valence-electron chi connectivity index (χ0n) is 9.62. The van der Waals surface area contributed by atoms with Crippen LogP contribution in [0.1, 0.15) is 20.8 Å². The van der Waals surface area contributed by atoms with Gasteiger partial charge in [-0.25, -0.2) is 0 Å². The molecular formula is C11H20N2O2. The number of hydrogen-bond donors (Lipinski definition) is 2. The molecule has 86 valence electrons. The number of hydrogen-bond acceptors (Lipinski definition) is 4. The molecule has 1 unspecified atom stereocenters. The van der Waals surface area contributed by atoms with Crippen molar-refractivity contribution in [2.75, 3.05) is 13.2 Å². The SMILES string of the molecule is C/C=C\C=C(/C)COC(=O)C(C)(N)CN. The molecule has 0 spiro atoms. The maximum absolute atomic E-state index is 11.4. The van der Waals surface area contributed by atoms with Crippen molar-refractivity contribution in [3.63, 3.8) is 0 Å². The minimum Gasteiger partial charge on any atom is -0.460 e. The average molecular weight is 212 g/mol. The van der Waals surface area contributed by atoms with Gasteiger partial charge in [-0.2, -0.15) is 0 Å². The van der Waals surface area contributed by atoms with Crippen LogP contribution in [0.2, 0.25) is 0 Å². The van der Waals surface area contributed by atoms with Crippen LogP contribution in [-0.2, 0) is 9.53 Å². The quantitative estimate of drug-likeness (QED) is 0.520. The molecule has 0 heterocycles. The van der Waals surface area contributed by atoms with Gasteiger partial charge in [-0.1, -0.05) is 18.2 Å². The van der Waals surface area contributed by atoms with Crippen molar-refractivity contribution in [1.29, 1.82) is 0 Å². The van der Waals surface area contributed by atoms with E-state index in [1.54, 1.807) is 6.92 Å². The molecule has 0 saturated heterocycles. The summed E-state index contributed by atoms with van der Waals surface area (Å²) in [6.45, 7) is 5.67. The molecule has 4 heteroatoms. The highest BCUT2D eigenvalue weighted by Gasteiger charge is 2.28. The van der Waals surface area contributed by atoms with Crippen LogP contribution >= 0.6 is 0 Å². The van der Waals surface area contributed by atoms with Crippen molar-refractivity contribution >= 4 is 5.97 Å². The fraction of sp³-hybridized carbons (Fsp3) is 0.545. The summed E-state index contributed by atoms with van der Waals surface area (Å²) in [5.41, 5.74) is 10.8. The van der Waals surface area contributed by atoms with Crippen LogP contribution in [0, 0.1) is 0 Å². The van der Waals surface area contributed by atoms with Crippen LogP contribution in [-0.4, -0.2) is 24.7 Å². The minimum atomic E-state index is -1.10. The van der Waals surface area contributed by atoms with E-state index in [9.17, 15) is 4.79 Å². The molecule has 0 radical (unpaired) electrons. The molecule has 4 N–H and O–H groups in total. The predicted molar refractivity (Wildman–Crippen MR) is 61.2 cm³/mol. The Kier molecular flexibility index (Phi) is 5.89. The predicted octanol–water partition coefficient (Wildman–Crippen LogP) is 0.728. The standard InChI is InChI=1S/C11H20N2O2/c1-4-5-6-9(2)7-15-10(14)11(3,13)8-12/h4-6H,7-8,12-13H2,1-3H3/b5-4-,9-6+. The van der Waals surface area contributed by atoms with E-state index in [2.05, 4.69) is 0 Å². The zero-order valence-corrected chi connectivity index (χ0v) is 9.62. The highest BCUT2D eigenvalue weighted by Crippen LogP contribution is 2.02. The summed E-state index contributed by atoms with van der Waals surface area (Å²) < 4.78 is 5.01. The second kappa shape index (κ2) is 6.37. The summed E-state index contributed by atoms with van der Waals surface area (Å²) in [6.07, 6.45) is 5.66. The Hall–Kier alpha value is -1.13. The Labute approximate surface area is 91.0 Å². The molecular weight excluding hydrogens is 192 g/mol. The maximum Gasteiger partial charge on any atom is 0.327 e. The van der Waals surface area contributed by atoms with Crippen LogP contribution in [0.25, 0.3) is 0 Å². The number of esters is 1. The van der Waals surface area contributed by atoms with Gasteiger partial charge in [0.05, 0.1) is 0 Å². The van der Waals surface area contributed by atoms with Crippen LogP contribution in [0.3, 0.4) is 0 Å². The lowest BCUT2D eigenvalue weighted by atomic mass is 10.1. The van der Waals surface area contributed by atoms with Crippen molar-refractivity contribution in [3.8, 4) is 0 Å². The summed E-state index contributed by atoms with van der Waals surface area (Å²) >= 11 is 0. The molecule has 0 rings (SSSR count). The van der Waals surface area contributed by atoms with E-state index in [1.807, 2.05) is 32.1 Å². The molecule has 0 aromatic carbocycles. The average Bonchev–Trinajstić information content (AvgIpc) is 2.22. The third-order valence-electron chi connectivity index (χ3n) is 1.89. The summed E-state index contributed by atoms with van der Waals surface area (Å²) in [4.78, 5) is 11.4. The van der Waals surface area contributed by atoms with E-state index >= 15 is 0 Å². The van der Waals surface area contributed by atoms with E-state index in [1.165, 1.54) is 0 Å². The molecule has 0 aromatic rings. The van der Waals surface area contributed by atoms with E-state index in [4.69, 9.17) is 16.2 Å². The number of rotatable bonds is 5. The second-order valence-corrected chi connectivity index (χ2v) is 3.74. The van der Waals surface area contributed by atoms with E-state index in [0.29, 0.717) is 0 Å². The Morgan fingerprint density at radius 3 is 2.60 bits per heavy atom. The number of nitrogens with two attached hydrogens (primary N) is 2. The van der Waals surface area contributed by atoms with Crippen LogP contribution in [0.15, 0.2) is 23.8 Å². The molecule has 0 aliphatic rings. The topological polar surface area (TPSA) is 78.3 Å². The van der Waals surface area contributed by atoms with Crippen molar-refractivity contribution in [2.45, 2.75) is 26.3 Å². The molecule has 0 amide bonds. The number of carbonyl (C=O) groups excluding carboxylic acids is 1. The van der Waals surface area contributed by atoms with Crippen molar-refractivity contribution in [3.05, 3.63) is 23.8 Å². The fourth-order valence-electron chi connectivity index (χ4n) is 0.736. The van der Waals surface area contributed by atoms with E-state index in [0.717, 1.165) is 5.57 Å². The lowest BCUT2D eigenvalue weighted by Crippen LogP contribution is -2.52. The number of allylic oxidation sites excluding steroid dienone is 3. The highest BCUT2D eigenvalue weighted by molar-refractivity contribution is 5.80. The summed E-state index contributed by atoms with van der Waals surface area (Å²) in [7, 11) is 0. The van der Waals surface area contributed by atoms with Crippen LogP contribution in [0.5, 0.6) is 0 Å². The lowest BCUT2D eigenvalue weighted by molar-refractivity contribution is -0.148. The van der Waals surface area contributed by atoms with Gasteiger partial charge in [0.2, 0.25) is 0 Å². The Balaban J connectivity index is 4.12. The lowest BCUT2D eigenvalue weighted by Gasteiger charge is -2.20. The molecule has 1 atom stereocenters. The molecule has 0 bridgehead atoms. The third kappa shape index (κ3) is 5.34. The molecule has 0 fully saturated rings. The van der Waals surface area contributed by atoms with Gasteiger partial charge in [-0.3, -0.25) is 4.79 Å². The van der Waals surface area contributed by atoms with Gasteiger partial charge >= 0.3 is 5.97 Å². The van der Waals surface area contributed by atoms with Gasteiger partial charge in [0.1, 0.15) is 12.1 Å². The molecule has 0 aliphatic carbocycles. The first-order valence-corrected chi connectivity index (χ1v) is 4.88. The molecule has 0 aromatic heterocycles. The fourth-order valence-corrected chi connectivity index (χ4v) is 0.736. The monoisotopic (exact) mass is 212 g/mol. The van der Waals surface area contributed by atoms with Gasteiger partial charge in [-0.15, -0.1) is 0 Å². The van der Waals surface area contributed by atoms with Crippen LogP contribution in [0.4, 0.5) is 0 Å². The number of carbonyl (C=O) groups is 1. The molecule has 0 saturated carbocycles. The summed E-state index contributed by atoms with van der Waals surface area (Å²) in [5, 5.41) is 0. The molecule has 4 nitrogen and oxygen atoms in total. The van der Waals surface area contributed by atoms with Crippen molar-refractivity contribution in [2.24, 2.45) is 11.5 Å². The largest absolute Gasteiger partial charge is 0.460 e. The summed E-state index contributed by atoms with van der Waals surface area (Å²) in [6, 6.07) is 0.